The summed E-state index contributed by atoms with van der Waals surface area (Å²) < 4.78 is 39.8. The van der Waals surface area contributed by atoms with Crippen molar-refractivity contribution in [2.45, 2.75) is 26.7 Å². The minimum Gasteiger partial charge on any atom is -0.355 e. The van der Waals surface area contributed by atoms with Gasteiger partial charge in [0, 0.05) is 13.1 Å². The lowest BCUT2D eigenvalue weighted by Crippen LogP contribution is -2.26. The van der Waals surface area contributed by atoms with E-state index in [0.717, 1.165) is 32.0 Å². The zero-order chi connectivity index (χ0) is 18.4. The topological polar surface area (TPSA) is 58.1 Å². The first-order chi connectivity index (χ1) is 12.0. The Bertz CT molecular complexity index is 731. The van der Waals surface area contributed by atoms with Crippen LogP contribution in [0, 0.1) is 17.5 Å². The third-order valence-electron chi connectivity index (χ3n) is 3.48. The maximum absolute atomic E-state index is 13.6. The molecule has 0 atom stereocenters. The summed E-state index contributed by atoms with van der Waals surface area (Å²) in [5.74, 6) is -4.77. The molecule has 0 aliphatic heterocycles. The second-order valence-corrected chi connectivity index (χ2v) is 5.44. The van der Waals surface area contributed by atoms with Crippen molar-refractivity contribution in [3.8, 4) is 0 Å². The summed E-state index contributed by atoms with van der Waals surface area (Å²) in [7, 11) is 0. The Labute approximate surface area is 143 Å². The Morgan fingerprint density at radius 3 is 2.24 bits per heavy atom. The molecule has 1 N–H and O–H groups in total. The van der Waals surface area contributed by atoms with Gasteiger partial charge < -0.3 is 10.2 Å². The first-order valence-electron chi connectivity index (χ1n) is 8.01. The second-order valence-electron chi connectivity index (χ2n) is 5.44. The average Bonchev–Trinajstić information content (AvgIpc) is 2.60. The van der Waals surface area contributed by atoms with Gasteiger partial charge in [-0.05, 0) is 37.1 Å². The van der Waals surface area contributed by atoms with Crippen molar-refractivity contribution in [2.24, 2.45) is 0 Å². The minimum absolute atomic E-state index is 0.0887. The van der Waals surface area contributed by atoms with E-state index < -0.39 is 28.9 Å². The number of carbonyl (C=O) groups excluding carboxylic acids is 1. The maximum atomic E-state index is 13.6. The fourth-order valence-corrected chi connectivity index (χ4v) is 2.33. The lowest BCUT2D eigenvalue weighted by Gasteiger charge is -2.21. The highest BCUT2D eigenvalue weighted by Gasteiger charge is 2.19. The van der Waals surface area contributed by atoms with Gasteiger partial charge in [0.25, 0.3) is 5.91 Å². The number of amides is 1. The van der Waals surface area contributed by atoms with E-state index in [-0.39, 0.29) is 5.82 Å². The summed E-state index contributed by atoms with van der Waals surface area (Å²) >= 11 is 0. The van der Waals surface area contributed by atoms with E-state index in [0.29, 0.717) is 11.9 Å². The smallest absolute Gasteiger partial charge is 0.259 e. The number of hydrogen-bond acceptors (Lipinski definition) is 4. The van der Waals surface area contributed by atoms with Crippen LogP contribution in [0.4, 0.5) is 24.8 Å². The molecule has 2 rings (SSSR count). The summed E-state index contributed by atoms with van der Waals surface area (Å²) in [5.41, 5.74) is -0.608. The van der Waals surface area contributed by atoms with Gasteiger partial charge in [-0.25, -0.2) is 13.2 Å². The van der Waals surface area contributed by atoms with Gasteiger partial charge in [-0.1, -0.05) is 13.8 Å². The Kier molecular flexibility index (Phi) is 6.32. The van der Waals surface area contributed by atoms with Crippen molar-refractivity contribution in [1.29, 1.82) is 0 Å². The fourth-order valence-electron chi connectivity index (χ4n) is 2.33. The number of nitrogens with one attached hydrogen (secondary N) is 1. The van der Waals surface area contributed by atoms with E-state index in [1.165, 1.54) is 6.07 Å². The van der Waals surface area contributed by atoms with Crippen molar-refractivity contribution in [2.75, 3.05) is 23.3 Å². The molecular weight excluding hydrogens is 333 g/mol. The van der Waals surface area contributed by atoms with Crippen LogP contribution in [0.3, 0.4) is 0 Å². The number of hydrogen-bond donors (Lipinski definition) is 1. The minimum atomic E-state index is -1.69. The monoisotopic (exact) mass is 352 g/mol. The van der Waals surface area contributed by atoms with E-state index in [2.05, 4.69) is 34.3 Å². The molecule has 8 heteroatoms. The van der Waals surface area contributed by atoms with Crippen molar-refractivity contribution >= 4 is 17.5 Å². The van der Waals surface area contributed by atoms with Crippen LogP contribution in [-0.2, 0) is 0 Å². The number of aromatic nitrogens is 2. The van der Waals surface area contributed by atoms with Crippen molar-refractivity contribution < 1.29 is 18.0 Å². The van der Waals surface area contributed by atoms with Gasteiger partial charge in [-0.15, -0.1) is 10.2 Å². The van der Waals surface area contributed by atoms with Gasteiger partial charge in [0.1, 0.15) is 0 Å². The molecule has 5 nitrogen and oxygen atoms in total. The molecule has 25 heavy (non-hydrogen) atoms. The quantitative estimate of drug-likeness (QED) is 0.771. The Morgan fingerprint density at radius 2 is 1.68 bits per heavy atom. The van der Waals surface area contributed by atoms with Gasteiger partial charge in [0.2, 0.25) is 0 Å². The molecule has 0 unspecified atom stereocenters. The summed E-state index contributed by atoms with van der Waals surface area (Å²) in [6.07, 6.45) is 1.91. The molecule has 0 radical (unpaired) electrons. The van der Waals surface area contributed by atoms with Crippen LogP contribution in [0.25, 0.3) is 0 Å². The largest absolute Gasteiger partial charge is 0.355 e. The average molecular weight is 352 g/mol. The maximum Gasteiger partial charge on any atom is 0.259 e. The van der Waals surface area contributed by atoms with Crippen LogP contribution in [-0.4, -0.2) is 29.2 Å². The van der Waals surface area contributed by atoms with Crippen LogP contribution in [0.5, 0.6) is 0 Å². The molecule has 0 saturated carbocycles. The molecule has 0 aliphatic carbocycles. The summed E-state index contributed by atoms with van der Waals surface area (Å²) in [4.78, 5) is 14.1. The van der Waals surface area contributed by atoms with E-state index in [9.17, 15) is 18.0 Å². The lowest BCUT2D eigenvalue weighted by molar-refractivity contribution is 0.102. The van der Waals surface area contributed by atoms with Gasteiger partial charge in [-0.3, -0.25) is 4.79 Å². The molecule has 1 aromatic heterocycles. The second kappa shape index (κ2) is 8.46. The Balaban J connectivity index is 2.13. The van der Waals surface area contributed by atoms with Crippen molar-refractivity contribution in [1.82, 2.24) is 10.2 Å². The molecule has 0 spiro atoms. The van der Waals surface area contributed by atoms with Gasteiger partial charge in [0.05, 0.1) is 5.56 Å². The number of anilines is 2. The molecule has 1 heterocycles. The van der Waals surface area contributed by atoms with E-state index in [1.807, 2.05) is 0 Å². The van der Waals surface area contributed by atoms with Crippen molar-refractivity contribution in [3.63, 3.8) is 0 Å². The molecule has 134 valence electrons. The van der Waals surface area contributed by atoms with Gasteiger partial charge in [-0.2, -0.15) is 0 Å². The first-order valence-corrected chi connectivity index (χ1v) is 8.01. The molecule has 0 aliphatic rings. The first kappa shape index (κ1) is 18.7. The van der Waals surface area contributed by atoms with Crippen LogP contribution in [0.15, 0.2) is 24.3 Å². The number of benzene rings is 1. The molecule has 0 bridgehead atoms. The van der Waals surface area contributed by atoms with E-state index >= 15 is 0 Å². The van der Waals surface area contributed by atoms with Crippen LogP contribution in [0.1, 0.15) is 37.0 Å². The molecule has 0 saturated heterocycles. The van der Waals surface area contributed by atoms with Crippen LogP contribution >= 0.6 is 0 Å². The van der Waals surface area contributed by atoms with Crippen LogP contribution in [0.2, 0.25) is 0 Å². The number of carbonyl (C=O) groups is 1. The molecule has 0 fully saturated rings. The third kappa shape index (κ3) is 4.46. The predicted molar refractivity (Wildman–Crippen MR) is 89.1 cm³/mol. The Hall–Kier alpha value is -2.64. The SMILES string of the molecule is CCCN(CCC)c1ccc(NC(=O)c2ccc(F)c(F)c2F)nn1. The highest BCUT2D eigenvalue weighted by Crippen LogP contribution is 2.17. The van der Waals surface area contributed by atoms with Crippen molar-refractivity contribution in [3.05, 3.63) is 47.3 Å². The standard InChI is InChI=1S/C17H19F3N4O/c1-3-9-24(10-4-2)14-8-7-13(22-23-14)21-17(25)11-5-6-12(18)16(20)15(11)19/h5-8H,3-4,9-10H2,1-2H3,(H,21,22,25). The third-order valence-corrected chi connectivity index (χ3v) is 3.48. The fraction of sp³-hybridized carbons (Fsp3) is 0.353. The summed E-state index contributed by atoms with van der Waals surface area (Å²) in [6.45, 7) is 5.77. The highest BCUT2D eigenvalue weighted by atomic mass is 19.2. The predicted octanol–water partition coefficient (Wildman–Crippen LogP) is 3.77. The lowest BCUT2D eigenvalue weighted by atomic mass is 10.2. The van der Waals surface area contributed by atoms with Gasteiger partial charge >= 0.3 is 0 Å². The summed E-state index contributed by atoms with van der Waals surface area (Å²) in [6, 6.07) is 4.77. The Morgan fingerprint density at radius 1 is 1.00 bits per heavy atom. The molecule has 1 amide bonds. The highest BCUT2D eigenvalue weighted by molar-refractivity contribution is 6.03. The number of nitrogens with zero attached hydrogens (tertiary/aromatic N) is 3. The van der Waals surface area contributed by atoms with E-state index in [4.69, 9.17) is 0 Å². The molecule has 1 aromatic carbocycles. The number of halogens is 3. The zero-order valence-corrected chi connectivity index (χ0v) is 14.0. The van der Waals surface area contributed by atoms with Crippen LogP contribution < -0.4 is 10.2 Å². The molecular formula is C17H19F3N4O. The summed E-state index contributed by atoms with van der Waals surface area (Å²) in [5, 5.41) is 10.3. The normalized spacial score (nSPS) is 10.6. The molecule has 2 aromatic rings. The zero-order valence-electron chi connectivity index (χ0n) is 14.0. The van der Waals surface area contributed by atoms with E-state index in [1.54, 1.807) is 6.07 Å². The number of rotatable bonds is 7. The van der Waals surface area contributed by atoms with Gasteiger partial charge in [0.15, 0.2) is 29.1 Å².